The Morgan fingerprint density at radius 1 is 1.19 bits per heavy atom. The van der Waals surface area contributed by atoms with Crippen molar-refractivity contribution >= 4 is 22.4 Å². The van der Waals surface area contributed by atoms with Crippen LogP contribution in [0.25, 0.3) is 0 Å². The van der Waals surface area contributed by atoms with Gasteiger partial charge in [-0.3, -0.25) is 0 Å². The van der Waals surface area contributed by atoms with Gasteiger partial charge < -0.3 is 15.2 Å². The molecule has 1 fully saturated rings. The van der Waals surface area contributed by atoms with Gasteiger partial charge in [-0.05, 0) is 31.4 Å². The first-order valence-corrected chi connectivity index (χ1v) is 8.15. The van der Waals surface area contributed by atoms with Crippen LogP contribution in [0.1, 0.15) is 19.3 Å². The molecule has 0 saturated heterocycles. The number of sulfonamides is 1. The van der Waals surface area contributed by atoms with Crippen LogP contribution in [0.2, 0.25) is 0 Å². The van der Waals surface area contributed by atoms with Gasteiger partial charge in [0.2, 0.25) is 10.0 Å². The van der Waals surface area contributed by atoms with E-state index in [-0.39, 0.29) is 29.4 Å². The molecule has 1 aromatic rings. The first-order chi connectivity index (χ1) is 9.49. The van der Waals surface area contributed by atoms with Crippen LogP contribution in [0.15, 0.2) is 23.1 Å². The van der Waals surface area contributed by atoms with E-state index in [2.05, 4.69) is 4.72 Å². The fraction of sp³-hybridized carbons (Fsp3) is 0.538. The van der Waals surface area contributed by atoms with Gasteiger partial charge >= 0.3 is 0 Å². The van der Waals surface area contributed by atoms with Crippen molar-refractivity contribution in [3.8, 4) is 11.5 Å². The summed E-state index contributed by atoms with van der Waals surface area (Å²) in [7, 11) is -3.57. The summed E-state index contributed by atoms with van der Waals surface area (Å²) in [6.45, 7) is 1.17. The highest BCUT2D eigenvalue weighted by Gasteiger charge is 2.33. The molecule has 0 amide bonds. The summed E-state index contributed by atoms with van der Waals surface area (Å²) in [5.74, 6) is 1.04. The van der Waals surface area contributed by atoms with E-state index < -0.39 is 10.0 Å². The fourth-order valence-corrected chi connectivity index (χ4v) is 3.47. The minimum absolute atomic E-state index is 0. The molecule has 3 rings (SSSR count). The number of ether oxygens (including phenoxy) is 2. The highest BCUT2D eigenvalue weighted by atomic mass is 35.5. The van der Waals surface area contributed by atoms with E-state index in [1.54, 1.807) is 6.07 Å². The van der Waals surface area contributed by atoms with Crippen molar-refractivity contribution in [1.82, 2.24) is 4.72 Å². The lowest BCUT2D eigenvalue weighted by Gasteiger charge is -2.38. The SMILES string of the molecule is Cl.NC1(CNS(=O)(=O)c2ccc3c(c2)OCCO3)CCC1. The number of hydrogen-bond acceptors (Lipinski definition) is 5. The number of fused-ring (bicyclic) bond motifs is 1. The molecule has 6 nitrogen and oxygen atoms in total. The van der Waals surface area contributed by atoms with Crippen molar-refractivity contribution in [2.75, 3.05) is 19.8 Å². The molecular formula is C13H19ClN2O4S. The summed E-state index contributed by atoms with van der Waals surface area (Å²) >= 11 is 0. The summed E-state index contributed by atoms with van der Waals surface area (Å²) in [4.78, 5) is 0.171. The third kappa shape index (κ3) is 3.42. The Balaban J connectivity index is 0.00000161. The lowest BCUT2D eigenvalue weighted by molar-refractivity contribution is 0.171. The number of nitrogens with one attached hydrogen (secondary N) is 1. The Hall–Kier alpha value is -1.02. The van der Waals surface area contributed by atoms with Gasteiger partial charge in [-0.15, -0.1) is 12.4 Å². The van der Waals surface area contributed by atoms with Gasteiger partial charge in [0.05, 0.1) is 4.90 Å². The molecule has 3 N–H and O–H groups in total. The zero-order chi connectivity index (χ0) is 14.2. The molecule has 21 heavy (non-hydrogen) atoms. The second-order valence-electron chi connectivity index (χ2n) is 5.35. The van der Waals surface area contributed by atoms with E-state index in [4.69, 9.17) is 15.2 Å². The maximum absolute atomic E-state index is 12.2. The van der Waals surface area contributed by atoms with E-state index in [0.29, 0.717) is 24.7 Å². The van der Waals surface area contributed by atoms with Gasteiger partial charge in [-0.2, -0.15) is 0 Å². The van der Waals surface area contributed by atoms with E-state index in [1.165, 1.54) is 12.1 Å². The highest BCUT2D eigenvalue weighted by Crippen LogP contribution is 2.32. The Morgan fingerprint density at radius 2 is 1.86 bits per heavy atom. The molecule has 1 aromatic carbocycles. The smallest absolute Gasteiger partial charge is 0.240 e. The van der Waals surface area contributed by atoms with Crippen LogP contribution in [0, 0.1) is 0 Å². The van der Waals surface area contributed by atoms with Crippen LogP contribution in [0.4, 0.5) is 0 Å². The third-order valence-corrected chi connectivity index (χ3v) is 5.19. The molecule has 0 bridgehead atoms. The van der Waals surface area contributed by atoms with E-state index >= 15 is 0 Å². The second kappa shape index (κ2) is 6.00. The number of halogens is 1. The lowest BCUT2D eigenvalue weighted by Crippen LogP contribution is -2.54. The van der Waals surface area contributed by atoms with Gasteiger partial charge in [-0.1, -0.05) is 0 Å². The van der Waals surface area contributed by atoms with Crippen LogP contribution in [0.5, 0.6) is 11.5 Å². The summed E-state index contributed by atoms with van der Waals surface area (Å²) < 4.78 is 37.8. The summed E-state index contributed by atoms with van der Waals surface area (Å²) in [6, 6.07) is 4.62. The van der Waals surface area contributed by atoms with Gasteiger partial charge in [0.15, 0.2) is 11.5 Å². The summed E-state index contributed by atoms with van der Waals surface area (Å²) in [5.41, 5.74) is 5.64. The molecule has 0 spiro atoms. The maximum atomic E-state index is 12.2. The van der Waals surface area contributed by atoms with Gasteiger partial charge in [0, 0.05) is 18.2 Å². The number of nitrogens with two attached hydrogens (primary N) is 1. The largest absolute Gasteiger partial charge is 0.486 e. The van der Waals surface area contributed by atoms with Gasteiger partial charge in [0.1, 0.15) is 13.2 Å². The Labute approximate surface area is 130 Å². The molecule has 0 atom stereocenters. The lowest BCUT2D eigenvalue weighted by atomic mass is 9.78. The minimum atomic E-state index is -3.57. The number of benzene rings is 1. The predicted molar refractivity (Wildman–Crippen MR) is 80.6 cm³/mol. The molecule has 1 saturated carbocycles. The van der Waals surface area contributed by atoms with Gasteiger partial charge in [0.25, 0.3) is 0 Å². The van der Waals surface area contributed by atoms with Crippen LogP contribution in [-0.4, -0.2) is 33.7 Å². The van der Waals surface area contributed by atoms with Crippen LogP contribution in [-0.2, 0) is 10.0 Å². The van der Waals surface area contributed by atoms with Crippen molar-refractivity contribution in [3.05, 3.63) is 18.2 Å². The molecule has 118 valence electrons. The van der Waals surface area contributed by atoms with E-state index in [1.807, 2.05) is 0 Å². The van der Waals surface area contributed by atoms with Gasteiger partial charge in [-0.25, -0.2) is 13.1 Å². The standard InChI is InChI=1S/C13H18N2O4S.ClH/c14-13(4-1-5-13)9-15-20(16,17)10-2-3-11-12(8-10)19-7-6-18-11;/h2-3,8,15H,1,4-7,9,14H2;1H. The highest BCUT2D eigenvalue weighted by molar-refractivity contribution is 7.89. The molecule has 2 aliphatic rings. The zero-order valence-electron chi connectivity index (χ0n) is 11.5. The molecule has 0 unspecified atom stereocenters. The topological polar surface area (TPSA) is 90.7 Å². The summed E-state index contributed by atoms with van der Waals surface area (Å²) in [6.07, 6.45) is 2.77. The first-order valence-electron chi connectivity index (χ1n) is 6.67. The molecule has 8 heteroatoms. The van der Waals surface area contributed by atoms with E-state index in [0.717, 1.165) is 19.3 Å². The molecular weight excluding hydrogens is 316 g/mol. The van der Waals surface area contributed by atoms with Crippen molar-refractivity contribution in [3.63, 3.8) is 0 Å². The second-order valence-corrected chi connectivity index (χ2v) is 7.11. The monoisotopic (exact) mass is 334 g/mol. The van der Waals surface area contributed by atoms with Crippen molar-refractivity contribution < 1.29 is 17.9 Å². The van der Waals surface area contributed by atoms with Crippen LogP contribution in [0.3, 0.4) is 0 Å². The minimum Gasteiger partial charge on any atom is -0.486 e. The third-order valence-electron chi connectivity index (χ3n) is 3.79. The molecule has 1 aliphatic heterocycles. The van der Waals surface area contributed by atoms with Crippen LogP contribution >= 0.6 is 12.4 Å². The van der Waals surface area contributed by atoms with Crippen molar-refractivity contribution in [1.29, 1.82) is 0 Å². The van der Waals surface area contributed by atoms with E-state index in [9.17, 15) is 8.42 Å². The predicted octanol–water partition coefficient (Wildman–Crippen LogP) is 1.04. The van der Waals surface area contributed by atoms with Crippen molar-refractivity contribution in [2.24, 2.45) is 5.73 Å². The zero-order valence-corrected chi connectivity index (χ0v) is 13.1. The Kier molecular flexibility index (Phi) is 4.67. The maximum Gasteiger partial charge on any atom is 0.240 e. The Bertz CT molecular complexity index is 617. The molecule has 0 radical (unpaired) electrons. The fourth-order valence-electron chi connectivity index (χ4n) is 2.32. The van der Waals surface area contributed by atoms with Crippen molar-refractivity contribution in [2.45, 2.75) is 29.7 Å². The number of rotatable bonds is 4. The molecule has 0 aromatic heterocycles. The Morgan fingerprint density at radius 3 is 2.48 bits per heavy atom. The normalized spacial score (nSPS) is 19.3. The first kappa shape index (κ1) is 16.4. The number of hydrogen-bond donors (Lipinski definition) is 2. The average Bonchev–Trinajstić information content (AvgIpc) is 2.42. The van der Waals surface area contributed by atoms with Crippen LogP contribution < -0.4 is 19.9 Å². The quantitative estimate of drug-likeness (QED) is 0.858. The molecule has 1 heterocycles. The molecule has 1 aliphatic carbocycles. The average molecular weight is 335 g/mol. The summed E-state index contributed by atoms with van der Waals surface area (Å²) in [5, 5.41) is 0.